The molecule has 0 saturated heterocycles. The average Bonchev–Trinajstić information content (AvgIpc) is 3.29. The van der Waals surface area contributed by atoms with Gasteiger partial charge in [-0.05, 0) is 42.3 Å². The summed E-state index contributed by atoms with van der Waals surface area (Å²) < 4.78 is 6.35. The molecular weight excluding hydrogens is 430 g/mol. The van der Waals surface area contributed by atoms with Crippen molar-refractivity contribution in [1.29, 1.82) is 0 Å². The zero-order valence-corrected chi connectivity index (χ0v) is 18.5. The van der Waals surface area contributed by atoms with Crippen LogP contribution in [0.3, 0.4) is 0 Å². The third kappa shape index (κ3) is 5.94. The second-order valence-corrected chi connectivity index (χ2v) is 7.58. The largest absolute Gasteiger partial charge is 0.468 e. The molecule has 0 fully saturated rings. The molecule has 2 N–H and O–H groups in total. The molecule has 1 aromatic heterocycles. The molecule has 0 aliphatic rings. The summed E-state index contributed by atoms with van der Waals surface area (Å²) in [5, 5.41) is 14.0. The number of esters is 1. The topological polar surface area (TPSA) is 115 Å². The van der Waals surface area contributed by atoms with E-state index in [-0.39, 0.29) is 18.2 Å². The summed E-state index contributed by atoms with van der Waals surface area (Å²) in [5.74, 6) is -1.01. The normalized spacial score (nSPS) is 10.4. The third-order valence-electron chi connectivity index (χ3n) is 4.53. The second-order valence-electron chi connectivity index (χ2n) is 6.64. The van der Waals surface area contributed by atoms with Crippen LogP contribution in [0.25, 0.3) is 5.69 Å². The van der Waals surface area contributed by atoms with Crippen LogP contribution in [0.5, 0.6) is 0 Å². The Balaban J connectivity index is 1.56. The summed E-state index contributed by atoms with van der Waals surface area (Å²) in [6, 6.07) is 14.4. The van der Waals surface area contributed by atoms with Crippen molar-refractivity contribution in [2.24, 2.45) is 0 Å². The van der Waals surface area contributed by atoms with Gasteiger partial charge >= 0.3 is 5.97 Å². The van der Waals surface area contributed by atoms with E-state index in [9.17, 15) is 14.4 Å². The number of para-hydroxylation sites is 1. The van der Waals surface area contributed by atoms with Crippen molar-refractivity contribution in [3.63, 3.8) is 0 Å². The van der Waals surface area contributed by atoms with E-state index in [0.29, 0.717) is 16.4 Å². The molecule has 0 aliphatic carbocycles. The summed E-state index contributed by atoms with van der Waals surface area (Å²) in [6.07, 6.45) is 2.51. The van der Waals surface area contributed by atoms with Crippen molar-refractivity contribution in [1.82, 2.24) is 20.1 Å². The number of nitrogens with one attached hydrogen (secondary N) is 2. The van der Waals surface area contributed by atoms with Gasteiger partial charge in [-0.15, -0.1) is 10.2 Å². The minimum atomic E-state index is -0.534. The van der Waals surface area contributed by atoms with Gasteiger partial charge in [0, 0.05) is 11.3 Å². The van der Waals surface area contributed by atoms with E-state index in [1.807, 2.05) is 22.8 Å². The Kier molecular flexibility index (Phi) is 7.98. The third-order valence-corrected chi connectivity index (χ3v) is 5.48. The van der Waals surface area contributed by atoms with Crippen molar-refractivity contribution in [3.05, 3.63) is 66.0 Å². The molecule has 3 aromatic rings. The first kappa shape index (κ1) is 23.0. The van der Waals surface area contributed by atoms with Crippen LogP contribution in [0.2, 0.25) is 0 Å². The van der Waals surface area contributed by atoms with Crippen LogP contribution in [0.15, 0.2) is 60.0 Å². The lowest BCUT2D eigenvalue weighted by Crippen LogP contribution is -2.30. The quantitative estimate of drug-likeness (QED) is 0.378. The SMILES string of the molecule is CCc1ccccc1-n1cnnc1SCC(=O)Nc1ccc(C(=O)NCC(=O)OC)cc1. The van der Waals surface area contributed by atoms with E-state index in [1.165, 1.54) is 18.9 Å². The van der Waals surface area contributed by atoms with Gasteiger partial charge < -0.3 is 15.4 Å². The minimum Gasteiger partial charge on any atom is -0.468 e. The highest BCUT2D eigenvalue weighted by molar-refractivity contribution is 7.99. The van der Waals surface area contributed by atoms with Gasteiger partial charge in [0.15, 0.2) is 5.16 Å². The standard InChI is InChI=1S/C22H23N5O4S/c1-3-15-6-4-5-7-18(15)27-14-24-26-22(27)32-13-19(28)25-17-10-8-16(9-11-17)21(30)23-12-20(29)31-2/h4-11,14H,3,12-13H2,1-2H3,(H,23,30)(H,25,28). The van der Waals surface area contributed by atoms with Crippen molar-refractivity contribution >= 4 is 35.2 Å². The Bertz CT molecular complexity index is 1100. The van der Waals surface area contributed by atoms with E-state index in [0.717, 1.165) is 17.7 Å². The van der Waals surface area contributed by atoms with Gasteiger partial charge in [0.25, 0.3) is 5.91 Å². The van der Waals surface area contributed by atoms with Crippen LogP contribution in [0.1, 0.15) is 22.8 Å². The number of aryl methyl sites for hydroxylation is 1. The molecule has 2 amide bonds. The Morgan fingerprint density at radius 3 is 2.56 bits per heavy atom. The highest BCUT2D eigenvalue weighted by Crippen LogP contribution is 2.22. The highest BCUT2D eigenvalue weighted by atomic mass is 32.2. The number of aromatic nitrogens is 3. The lowest BCUT2D eigenvalue weighted by molar-refractivity contribution is -0.139. The van der Waals surface area contributed by atoms with E-state index < -0.39 is 11.9 Å². The Morgan fingerprint density at radius 1 is 1.09 bits per heavy atom. The van der Waals surface area contributed by atoms with Crippen LogP contribution in [0.4, 0.5) is 5.69 Å². The van der Waals surface area contributed by atoms with Crippen LogP contribution in [0, 0.1) is 0 Å². The molecule has 0 atom stereocenters. The molecule has 0 unspecified atom stereocenters. The van der Waals surface area contributed by atoms with Crippen LogP contribution in [-0.2, 0) is 20.7 Å². The predicted octanol–water partition coefficient (Wildman–Crippen LogP) is 2.46. The van der Waals surface area contributed by atoms with Crippen molar-refractivity contribution in [2.75, 3.05) is 24.7 Å². The monoisotopic (exact) mass is 453 g/mol. The number of amides is 2. The number of hydrogen-bond acceptors (Lipinski definition) is 7. The zero-order valence-electron chi connectivity index (χ0n) is 17.7. The molecule has 166 valence electrons. The van der Waals surface area contributed by atoms with Gasteiger partial charge in [-0.25, -0.2) is 0 Å². The minimum absolute atomic E-state index is 0.147. The lowest BCUT2D eigenvalue weighted by atomic mass is 10.1. The van der Waals surface area contributed by atoms with E-state index in [4.69, 9.17) is 0 Å². The molecule has 10 heteroatoms. The first-order valence-electron chi connectivity index (χ1n) is 9.87. The maximum atomic E-state index is 12.4. The number of anilines is 1. The number of rotatable bonds is 9. The maximum Gasteiger partial charge on any atom is 0.325 e. The summed E-state index contributed by atoms with van der Waals surface area (Å²) in [4.78, 5) is 35.5. The van der Waals surface area contributed by atoms with Crippen molar-refractivity contribution in [3.8, 4) is 5.69 Å². The highest BCUT2D eigenvalue weighted by Gasteiger charge is 2.13. The van der Waals surface area contributed by atoms with Gasteiger partial charge in [0.2, 0.25) is 5.91 Å². The number of benzene rings is 2. The number of nitrogens with zero attached hydrogens (tertiary/aromatic N) is 3. The number of carbonyl (C=O) groups is 3. The molecule has 9 nitrogen and oxygen atoms in total. The molecule has 0 bridgehead atoms. The average molecular weight is 454 g/mol. The number of ether oxygens (including phenoxy) is 1. The first-order valence-corrected chi connectivity index (χ1v) is 10.9. The second kappa shape index (κ2) is 11.1. The number of thioether (sulfide) groups is 1. The number of hydrogen-bond donors (Lipinski definition) is 2. The number of carbonyl (C=O) groups excluding carboxylic acids is 3. The van der Waals surface area contributed by atoms with Gasteiger partial charge in [-0.2, -0.15) is 0 Å². The smallest absolute Gasteiger partial charge is 0.325 e. The molecule has 1 heterocycles. The maximum absolute atomic E-state index is 12.4. The molecule has 0 saturated carbocycles. The molecule has 0 aliphatic heterocycles. The van der Waals surface area contributed by atoms with Gasteiger partial charge in [0.1, 0.15) is 12.9 Å². The Hall–Kier alpha value is -3.66. The fourth-order valence-corrected chi connectivity index (χ4v) is 3.61. The zero-order chi connectivity index (χ0) is 22.9. The summed E-state index contributed by atoms with van der Waals surface area (Å²) in [7, 11) is 1.25. The fraction of sp³-hybridized carbons (Fsp3) is 0.227. The van der Waals surface area contributed by atoms with Crippen LogP contribution < -0.4 is 10.6 Å². The van der Waals surface area contributed by atoms with Gasteiger partial charge in [-0.3, -0.25) is 19.0 Å². The molecule has 0 radical (unpaired) electrons. The summed E-state index contributed by atoms with van der Waals surface area (Å²) >= 11 is 1.28. The van der Waals surface area contributed by atoms with Crippen LogP contribution in [-0.4, -0.2) is 52.0 Å². The van der Waals surface area contributed by atoms with Crippen molar-refractivity contribution < 1.29 is 19.1 Å². The van der Waals surface area contributed by atoms with E-state index in [2.05, 4.69) is 38.6 Å². The van der Waals surface area contributed by atoms with Gasteiger partial charge in [0.05, 0.1) is 18.6 Å². The van der Waals surface area contributed by atoms with E-state index >= 15 is 0 Å². The molecule has 0 spiro atoms. The first-order chi connectivity index (χ1) is 15.5. The van der Waals surface area contributed by atoms with Crippen molar-refractivity contribution in [2.45, 2.75) is 18.5 Å². The molecule has 2 aromatic carbocycles. The predicted molar refractivity (Wildman–Crippen MR) is 121 cm³/mol. The lowest BCUT2D eigenvalue weighted by Gasteiger charge is -2.11. The van der Waals surface area contributed by atoms with Gasteiger partial charge in [-0.1, -0.05) is 36.9 Å². The Labute approximate surface area is 189 Å². The Morgan fingerprint density at radius 2 is 1.84 bits per heavy atom. The fourth-order valence-electron chi connectivity index (χ4n) is 2.89. The molecular formula is C22H23N5O4S. The summed E-state index contributed by atoms with van der Waals surface area (Å²) in [6.45, 7) is 1.87. The molecule has 3 rings (SSSR count). The molecule has 32 heavy (non-hydrogen) atoms. The summed E-state index contributed by atoms with van der Waals surface area (Å²) in [5.41, 5.74) is 3.07. The van der Waals surface area contributed by atoms with Crippen LogP contribution >= 0.6 is 11.8 Å². The van der Waals surface area contributed by atoms with E-state index in [1.54, 1.807) is 30.6 Å². The number of methoxy groups -OCH3 is 1.